The lowest BCUT2D eigenvalue weighted by atomic mass is 9.69. The molecule has 0 aliphatic carbocycles. The Morgan fingerprint density at radius 1 is 1.17 bits per heavy atom. The molecule has 1 amide bonds. The molecule has 2 aromatic carbocycles. The van der Waals surface area contributed by atoms with Crippen LogP contribution in [0, 0.1) is 17.1 Å². The van der Waals surface area contributed by atoms with Crippen molar-refractivity contribution >= 4 is 22.6 Å². The number of fused-ring (bicyclic) bond motifs is 6. The number of carbonyl (C=O) groups is 1. The number of nitrogens with two attached hydrogens (primary N) is 2. The van der Waals surface area contributed by atoms with E-state index in [9.17, 15) is 19.2 Å². The Hall–Kier alpha value is -4.16. The SMILES string of the molecule is N#CC1=C(N)Oc2c(c(=O)oc3ccccc23)C12C(=O)N(N)c1ccc(F)cc12. The van der Waals surface area contributed by atoms with Gasteiger partial charge in [0.1, 0.15) is 28.6 Å². The van der Waals surface area contributed by atoms with Gasteiger partial charge in [-0.25, -0.2) is 20.0 Å². The van der Waals surface area contributed by atoms with Crippen molar-refractivity contribution < 1.29 is 18.3 Å². The molecular formula is C20H11FN4O4. The normalized spacial score (nSPS) is 19.9. The second kappa shape index (κ2) is 5.43. The lowest BCUT2D eigenvalue weighted by molar-refractivity contribution is -0.121. The maximum absolute atomic E-state index is 14.2. The van der Waals surface area contributed by atoms with Crippen molar-refractivity contribution in [2.75, 3.05) is 5.01 Å². The standard InChI is InChI=1S/C20H11FN4O4/c21-9-5-6-13-11(7-9)20(19(27)25(13)24)12(8-22)17(23)29-16-10-3-1-2-4-14(10)28-18(26)15(16)20/h1-7H,23-24H2. The molecule has 2 aliphatic heterocycles. The highest BCUT2D eigenvalue weighted by Crippen LogP contribution is 2.54. The van der Waals surface area contributed by atoms with Gasteiger partial charge in [-0.1, -0.05) is 12.1 Å². The predicted molar refractivity (Wildman–Crippen MR) is 98.8 cm³/mol. The average Bonchev–Trinajstić information content (AvgIpc) is 2.90. The predicted octanol–water partition coefficient (Wildman–Crippen LogP) is 1.52. The number of hydrogen-bond acceptors (Lipinski definition) is 7. The van der Waals surface area contributed by atoms with Gasteiger partial charge in [0, 0.05) is 5.56 Å². The van der Waals surface area contributed by atoms with E-state index in [0.717, 1.165) is 17.1 Å². The van der Waals surface area contributed by atoms with Gasteiger partial charge in [-0.15, -0.1) is 0 Å². The summed E-state index contributed by atoms with van der Waals surface area (Å²) in [5.41, 5.74) is 2.72. The number of para-hydroxylation sites is 1. The fourth-order valence-corrected chi connectivity index (χ4v) is 4.07. The molecule has 0 bridgehead atoms. The molecule has 1 aromatic heterocycles. The Balaban J connectivity index is 2.04. The third-order valence-corrected chi connectivity index (χ3v) is 5.25. The molecule has 3 heterocycles. The van der Waals surface area contributed by atoms with Crippen molar-refractivity contribution in [3.63, 3.8) is 0 Å². The van der Waals surface area contributed by atoms with Gasteiger partial charge in [0.25, 0.3) is 5.91 Å². The summed E-state index contributed by atoms with van der Waals surface area (Å²) in [7, 11) is 0. The molecule has 8 nitrogen and oxygen atoms in total. The largest absolute Gasteiger partial charge is 0.439 e. The molecule has 1 unspecified atom stereocenters. The molecule has 0 radical (unpaired) electrons. The summed E-state index contributed by atoms with van der Waals surface area (Å²) in [5, 5.41) is 10.9. The molecule has 4 N–H and O–H groups in total. The molecule has 5 rings (SSSR count). The summed E-state index contributed by atoms with van der Waals surface area (Å²) in [6.07, 6.45) is 0. The third kappa shape index (κ3) is 1.88. The monoisotopic (exact) mass is 390 g/mol. The minimum absolute atomic E-state index is 0.0108. The lowest BCUT2D eigenvalue weighted by Gasteiger charge is -2.33. The number of anilines is 1. The van der Waals surface area contributed by atoms with Crippen LogP contribution in [0.4, 0.5) is 10.1 Å². The molecule has 0 saturated heterocycles. The van der Waals surface area contributed by atoms with E-state index >= 15 is 0 Å². The Kier molecular flexibility index (Phi) is 3.18. The molecule has 0 saturated carbocycles. The fraction of sp³-hybridized carbons (Fsp3) is 0.0500. The Bertz CT molecular complexity index is 1390. The molecule has 3 aromatic rings. The van der Waals surface area contributed by atoms with Gasteiger partial charge in [0.05, 0.1) is 11.1 Å². The minimum atomic E-state index is -2.08. The molecule has 1 atom stereocenters. The van der Waals surface area contributed by atoms with Crippen LogP contribution in [0.5, 0.6) is 5.75 Å². The number of nitrogens with zero attached hydrogens (tertiary/aromatic N) is 2. The van der Waals surface area contributed by atoms with Gasteiger partial charge in [-0.2, -0.15) is 5.26 Å². The minimum Gasteiger partial charge on any atom is -0.439 e. The first-order valence-corrected chi connectivity index (χ1v) is 8.45. The van der Waals surface area contributed by atoms with Crippen LogP contribution in [0.15, 0.2) is 63.1 Å². The summed E-state index contributed by atoms with van der Waals surface area (Å²) in [6.45, 7) is 0. The zero-order chi connectivity index (χ0) is 20.5. The first kappa shape index (κ1) is 17.0. The fourth-order valence-electron chi connectivity index (χ4n) is 4.07. The quantitative estimate of drug-likeness (QED) is 0.337. The van der Waals surface area contributed by atoms with Crippen LogP contribution in [-0.2, 0) is 10.2 Å². The number of ether oxygens (including phenoxy) is 1. The van der Waals surface area contributed by atoms with Crippen molar-refractivity contribution in [2.24, 2.45) is 11.6 Å². The highest BCUT2D eigenvalue weighted by atomic mass is 19.1. The van der Waals surface area contributed by atoms with Crippen LogP contribution in [0.25, 0.3) is 11.0 Å². The Morgan fingerprint density at radius 2 is 1.93 bits per heavy atom. The van der Waals surface area contributed by atoms with Crippen molar-refractivity contribution in [1.82, 2.24) is 0 Å². The van der Waals surface area contributed by atoms with E-state index in [1.54, 1.807) is 24.3 Å². The van der Waals surface area contributed by atoms with E-state index in [1.165, 1.54) is 6.07 Å². The Morgan fingerprint density at radius 3 is 2.69 bits per heavy atom. The van der Waals surface area contributed by atoms with E-state index in [4.69, 9.17) is 20.7 Å². The second-order valence-corrected chi connectivity index (χ2v) is 6.63. The van der Waals surface area contributed by atoms with Crippen LogP contribution in [0.1, 0.15) is 11.1 Å². The van der Waals surface area contributed by atoms with Gasteiger partial charge in [-0.3, -0.25) is 4.79 Å². The van der Waals surface area contributed by atoms with Gasteiger partial charge in [-0.05, 0) is 30.3 Å². The number of nitriles is 1. The van der Waals surface area contributed by atoms with Crippen molar-refractivity contribution in [3.05, 3.63) is 81.3 Å². The summed E-state index contributed by atoms with van der Waals surface area (Å²) in [5.74, 6) is 4.00. The summed E-state index contributed by atoms with van der Waals surface area (Å²) >= 11 is 0. The van der Waals surface area contributed by atoms with E-state index in [2.05, 4.69) is 0 Å². The van der Waals surface area contributed by atoms with Gasteiger partial charge < -0.3 is 14.9 Å². The van der Waals surface area contributed by atoms with E-state index in [0.29, 0.717) is 5.39 Å². The number of halogens is 1. The molecule has 142 valence electrons. The molecule has 9 heteroatoms. The highest BCUT2D eigenvalue weighted by molar-refractivity contribution is 6.14. The molecule has 29 heavy (non-hydrogen) atoms. The number of rotatable bonds is 0. The maximum atomic E-state index is 14.2. The van der Waals surface area contributed by atoms with E-state index < -0.39 is 22.8 Å². The van der Waals surface area contributed by atoms with E-state index in [-0.39, 0.29) is 39.6 Å². The van der Waals surface area contributed by atoms with Crippen molar-refractivity contribution in [1.29, 1.82) is 5.26 Å². The van der Waals surface area contributed by atoms with E-state index in [1.807, 2.05) is 6.07 Å². The first-order valence-electron chi connectivity index (χ1n) is 8.45. The average molecular weight is 390 g/mol. The maximum Gasteiger partial charge on any atom is 0.345 e. The molecule has 2 aliphatic rings. The summed E-state index contributed by atoms with van der Waals surface area (Å²) in [6, 6.07) is 11.8. The number of hydrazine groups is 1. The molecule has 0 fully saturated rings. The number of carbonyl (C=O) groups excluding carboxylic acids is 1. The number of benzene rings is 2. The first-order chi connectivity index (χ1) is 13.9. The zero-order valence-corrected chi connectivity index (χ0v) is 14.6. The van der Waals surface area contributed by atoms with Crippen LogP contribution in [0.3, 0.4) is 0 Å². The summed E-state index contributed by atoms with van der Waals surface area (Å²) < 4.78 is 25.2. The van der Waals surface area contributed by atoms with Crippen LogP contribution in [-0.4, -0.2) is 5.91 Å². The highest BCUT2D eigenvalue weighted by Gasteiger charge is 2.61. The number of hydrogen-bond donors (Lipinski definition) is 2. The lowest BCUT2D eigenvalue weighted by Crippen LogP contribution is -2.50. The van der Waals surface area contributed by atoms with Crippen LogP contribution >= 0.6 is 0 Å². The van der Waals surface area contributed by atoms with Crippen LogP contribution < -0.4 is 26.9 Å². The van der Waals surface area contributed by atoms with Crippen LogP contribution in [0.2, 0.25) is 0 Å². The summed E-state index contributed by atoms with van der Waals surface area (Å²) in [4.78, 5) is 26.4. The topological polar surface area (TPSA) is 136 Å². The van der Waals surface area contributed by atoms with Gasteiger partial charge >= 0.3 is 5.63 Å². The zero-order valence-electron chi connectivity index (χ0n) is 14.6. The van der Waals surface area contributed by atoms with Crippen molar-refractivity contribution in [2.45, 2.75) is 5.41 Å². The third-order valence-electron chi connectivity index (χ3n) is 5.25. The molecular weight excluding hydrogens is 379 g/mol. The van der Waals surface area contributed by atoms with Gasteiger partial charge in [0.15, 0.2) is 11.2 Å². The van der Waals surface area contributed by atoms with Gasteiger partial charge in [0.2, 0.25) is 5.88 Å². The Labute approximate surface area is 162 Å². The molecule has 1 spiro atoms. The second-order valence-electron chi connectivity index (χ2n) is 6.63. The van der Waals surface area contributed by atoms with Crippen molar-refractivity contribution in [3.8, 4) is 11.8 Å². The number of amides is 1. The smallest absolute Gasteiger partial charge is 0.345 e.